The van der Waals surface area contributed by atoms with Gasteiger partial charge in [-0.05, 0) is 31.2 Å². The molecule has 0 spiro atoms. The van der Waals surface area contributed by atoms with Crippen molar-refractivity contribution in [2.24, 2.45) is 5.41 Å². The SMILES string of the molecule is CC(C)(C)CC(C)(C)NCC(C#N)c1ccccc1. The average Bonchev–Trinajstić information content (AvgIpc) is 2.28. The summed E-state index contributed by atoms with van der Waals surface area (Å²) in [4.78, 5) is 0. The summed E-state index contributed by atoms with van der Waals surface area (Å²) < 4.78 is 0. The second-order valence-corrected chi connectivity index (χ2v) is 7.09. The molecular formula is C17H26N2. The molecule has 0 bridgehead atoms. The van der Waals surface area contributed by atoms with Gasteiger partial charge in [0.15, 0.2) is 0 Å². The molecule has 1 atom stereocenters. The van der Waals surface area contributed by atoms with E-state index in [1.807, 2.05) is 30.3 Å². The van der Waals surface area contributed by atoms with Gasteiger partial charge in [0.05, 0.1) is 12.0 Å². The number of hydrogen-bond donors (Lipinski definition) is 1. The first-order valence-corrected chi connectivity index (χ1v) is 6.93. The maximum absolute atomic E-state index is 9.32. The van der Waals surface area contributed by atoms with Crippen molar-refractivity contribution >= 4 is 0 Å². The Bertz CT molecular complexity index is 421. The van der Waals surface area contributed by atoms with Crippen molar-refractivity contribution in [2.45, 2.75) is 52.5 Å². The summed E-state index contributed by atoms with van der Waals surface area (Å²) in [7, 11) is 0. The van der Waals surface area contributed by atoms with Crippen LogP contribution in [0.5, 0.6) is 0 Å². The standard InChI is InChI=1S/C17H26N2/c1-16(2,3)13-17(4,5)19-12-15(11-18)14-9-7-6-8-10-14/h6-10,15,19H,12-13H2,1-5H3. The predicted octanol–water partition coefficient (Wildman–Crippen LogP) is 4.10. The van der Waals surface area contributed by atoms with E-state index in [-0.39, 0.29) is 16.9 Å². The molecule has 0 saturated heterocycles. The van der Waals surface area contributed by atoms with E-state index in [2.05, 4.69) is 46.0 Å². The van der Waals surface area contributed by atoms with Crippen LogP contribution in [0.4, 0.5) is 0 Å². The number of benzene rings is 1. The van der Waals surface area contributed by atoms with Crippen LogP contribution in [0.15, 0.2) is 30.3 Å². The van der Waals surface area contributed by atoms with Crippen molar-refractivity contribution in [2.75, 3.05) is 6.54 Å². The summed E-state index contributed by atoms with van der Waals surface area (Å²) >= 11 is 0. The van der Waals surface area contributed by atoms with Crippen molar-refractivity contribution in [3.63, 3.8) is 0 Å². The maximum atomic E-state index is 9.32. The zero-order chi connectivity index (χ0) is 14.5. The first kappa shape index (κ1) is 15.7. The molecule has 2 heteroatoms. The molecule has 1 unspecified atom stereocenters. The molecule has 0 radical (unpaired) electrons. The third kappa shape index (κ3) is 5.89. The van der Waals surface area contributed by atoms with Crippen LogP contribution in [0.2, 0.25) is 0 Å². The van der Waals surface area contributed by atoms with Gasteiger partial charge in [-0.3, -0.25) is 0 Å². The van der Waals surface area contributed by atoms with Crippen molar-refractivity contribution in [1.29, 1.82) is 5.26 Å². The molecule has 0 aliphatic carbocycles. The van der Waals surface area contributed by atoms with Crippen LogP contribution in [-0.4, -0.2) is 12.1 Å². The van der Waals surface area contributed by atoms with Gasteiger partial charge in [-0.25, -0.2) is 0 Å². The van der Waals surface area contributed by atoms with Gasteiger partial charge in [0, 0.05) is 12.1 Å². The Morgan fingerprint density at radius 3 is 2.16 bits per heavy atom. The molecule has 104 valence electrons. The van der Waals surface area contributed by atoms with Crippen molar-refractivity contribution < 1.29 is 0 Å². The molecule has 0 heterocycles. The highest BCUT2D eigenvalue weighted by Gasteiger charge is 2.26. The molecule has 2 nitrogen and oxygen atoms in total. The molecule has 0 amide bonds. The summed E-state index contributed by atoms with van der Waals surface area (Å²) in [5, 5.41) is 12.9. The predicted molar refractivity (Wildman–Crippen MR) is 80.9 cm³/mol. The van der Waals surface area contributed by atoms with E-state index in [1.54, 1.807) is 0 Å². The van der Waals surface area contributed by atoms with Crippen LogP contribution >= 0.6 is 0 Å². The third-order valence-corrected chi connectivity index (χ3v) is 3.11. The van der Waals surface area contributed by atoms with E-state index < -0.39 is 0 Å². The van der Waals surface area contributed by atoms with Crippen LogP contribution < -0.4 is 5.32 Å². The average molecular weight is 258 g/mol. The summed E-state index contributed by atoms with van der Waals surface area (Å²) in [6.45, 7) is 11.8. The van der Waals surface area contributed by atoms with Crippen molar-refractivity contribution in [3.05, 3.63) is 35.9 Å². The number of nitriles is 1. The highest BCUT2D eigenvalue weighted by molar-refractivity contribution is 5.25. The van der Waals surface area contributed by atoms with Crippen LogP contribution in [0, 0.1) is 16.7 Å². The summed E-state index contributed by atoms with van der Waals surface area (Å²) in [5.41, 5.74) is 1.41. The summed E-state index contributed by atoms with van der Waals surface area (Å²) in [5.74, 6) is -0.0829. The molecule has 19 heavy (non-hydrogen) atoms. The molecule has 0 fully saturated rings. The quantitative estimate of drug-likeness (QED) is 0.863. The lowest BCUT2D eigenvalue weighted by Crippen LogP contribution is -2.44. The molecule has 1 rings (SSSR count). The minimum atomic E-state index is -0.0829. The van der Waals surface area contributed by atoms with Gasteiger partial charge < -0.3 is 5.32 Å². The first-order chi connectivity index (χ1) is 8.73. The molecule has 0 aliphatic rings. The zero-order valence-electron chi connectivity index (χ0n) is 12.8. The molecule has 1 aromatic rings. The fraction of sp³-hybridized carbons (Fsp3) is 0.588. The molecule has 0 saturated carbocycles. The third-order valence-electron chi connectivity index (χ3n) is 3.11. The van der Waals surface area contributed by atoms with Crippen LogP contribution in [0.3, 0.4) is 0 Å². The lowest BCUT2D eigenvalue weighted by Gasteiger charge is -2.34. The van der Waals surface area contributed by atoms with Gasteiger partial charge in [-0.1, -0.05) is 51.1 Å². The summed E-state index contributed by atoms with van der Waals surface area (Å²) in [6.07, 6.45) is 1.08. The van der Waals surface area contributed by atoms with Gasteiger partial charge in [-0.2, -0.15) is 5.26 Å². The second-order valence-electron chi connectivity index (χ2n) is 7.09. The van der Waals surface area contributed by atoms with Gasteiger partial charge in [0.1, 0.15) is 0 Å². The number of nitrogens with zero attached hydrogens (tertiary/aromatic N) is 1. The minimum Gasteiger partial charge on any atom is -0.310 e. The van der Waals surface area contributed by atoms with Crippen molar-refractivity contribution in [1.82, 2.24) is 5.32 Å². The number of rotatable bonds is 5. The Labute approximate surface area is 117 Å². The Morgan fingerprint density at radius 1 is 1.11 bits per heavy atom. The van der Waals surface area contributed by atoms with Crippen LogP contribution in [0.1, 0.15) is 52.5 Å². The van der Waals surface area contributed by atoms with E-state index in [9.17, 15) is 5.26 Å². The highest BCUT2D eigenvalue weighted by atomic mass is 15.0. The molecule has 0 aromatic heterocycles. The zero-order valence-corrected chi connectivity index (χ0v) is 12.8. The second kappa shape index (κ2) is 6.21. The largest absolute Gasteiger partial charge is 0.310 e. The van der Waals surface area contributed by atoms with Crippen molar-refractivity contribution in [3.8, 4) is 6.07 Å². The van der Waals surface area contributed by atoms with Gasteiger partial charge >= 0.3 is 0 Å². The van der Waals surface area contributed by atoms with E-state index in [4.69, 9.17) is 0 Å². The highest BCUT2D eigenvalue weighted by Crippen LogP contribution is 2.27. The van der Waals surface area contributed by atoms with Crippen LogP contribution in [-0.2, 0) is 0 Å². The summed E-state index contributed by atoms with van der Waals surface area (Å²) in [6, 6.07) is 12.4. The monoisotopic (exact) mass is 258 g/mol. The fourth-order valence-corrected chi connectivity index (χ4v) is 2.69. The molecule has 1 N–H and O–H groups in total. The van der Waals surface area contributed by atoms with E-state index in [0.29, 0.717) is 6.54 Å². The Morgan fingerprint density at radius 2 is 1.68 bits per heavy atom. The number of nitrogens with one attached hydrogen (secondary N) is 1. The molecule has 0 aliphatic heterocycles. The smallest absolute Gasteiger partial charge is 0.0837 e. The topological polar surface area (TPSA) is 35.8 Å². The molecule has 1 aromatic carbocycles. The normalized spacial score (nSPS) is 13.9. The lowest BCUT2D eigenvalue weighted by molar-refractivity contribution is 0.242. The molecular weight excluding hydrogens is 232 g/mol. The maximum Gasteiger partial charge on any atom is 0.0837 e. The van der Waals surface area contributed by atoms with E-state index in [1.165, 1.54) is 0 Å². The Balaban J connectivity index is 2.62. The number of hydrogen-bond acceptors (Lipinski definition) is 2. The lowest BCUT2D eigenvalue weighted by atomic mass is 9.81. The van der Waals surface area contributed by atoms with E-state index in [0.717, 1.165) is 12.0 Å². The fourth-order valence-electron chi connectivity index (χ4n) is 2.69. The van der Waals surface area contributed by atoms with E-state index >= 15 is 0 Å². The first-order valence-electron chi connectivity index (χ1n) is 6.93. The van der Waals surface area contributed by atoms with Gasteiger partial charge in [0.25, 0.3) is 0 Å². The van der Waals surface area contributed by atoms with Crippen LogP contribution in [0.25, 0.3) is 0 Å². The van der Waals surface area contributed by atoms with Gasteiger partial charge in [-0.15, -0.1) is 0 Å². The Hall–Kier alpha value is -1.33. The minimum absolute atomic E-state index is 0.0438. The van der Waals surface area contributed by atoms with Gasteiger partial charge in [0.2, 0.25) is 0 Å². The Kier molecular flexibility index (Phi) is 5.14.